The maximum atomic E-state index is 12.8. The van der Waals surface area contributed by atoms with Gasteiger partial charge in [-0.05, 0) is 32.3 Å². The van der Waals surface area contributed by atoms with Crippen LogP contribution in [0, 0.1) is 0 Å². The molecule has 2 aromatic heterocycles. The number of amides is 1. The quantitative estimate of drug-likeness (QED) is 0.845. The molecule has 0 aliphatic carbocycles. The van der Waals surface area contributed by atoms with Crippen LogP contribution < -0.4 is 0 Å². The van der Waals surface area contributed by atoms with Gasteiger partial charge in [0, 0.05) is 38.3 Å². The molecule has 0 saturated carbocycles. The summed E-state index contributed by atoms with van der Waals surface area (Å²) in [4.78, 5) is 14.7. The van der Waals surface area contributed by atoms with E-state index < -0.39 is 0 Å². The Morgan fingerprint density at radius 3 is 3.04 bits per heavy atom. The number of hydrogen-bond donors (Lipinski definition) is 0. The highest BCUT2D eigenvalue weighted by molar-refractivity contribution is 5.92. The highest BCUT2D eigenvalue weighted by Crippen LogP contribution is 2.26. The van der Waals surface area contributed by atoms with E-state index >= 15 is 0 Å². The molecule has 0 bridgehead atoms. The monoisotopic (exact) mass is 316 g/mol. The van der Waals surface area contributed by atoms with Crippen LogP contribution in [0.3, 0.4) is 0 Å². The van der Waals surface area contributed by atoms with E-state index in [4.69, 9.17) is 0 Å². The van der Waals surface area contributed by atoms with Gasteiger partial charge < -0.3 is 9.47 Å². The average molecular weight is 316 g/mol. The van der Waals surface area contributed by atoms with Gasteiger partial charge in [-0.2, -0.15) is 5.10 Å². The van der Waals surface area contributed by atoms with Gasteiger partial charge in [0.15, 0.2) is 0 Å². The molecule has 0 aromatic carbocycles. The Morgan fingerprint density at radius 2 is 2.26 bits per heavy atom. The molecule has 0 N–H and O–H groups in total. The molecule has 23 heavy (non-hydrogen) atoms. The molecule has 0 radical (unpaired) electrons. The Balaban J connectivity index is 1.75. The van der Waals surface area contributed by atoms with Crippen molar-refractivity contribution in [3.05, 3.63) is 30.1 Å². The van der Waals surface area contributed by atoms with Crippen molar-refractivity contribution in [3.8, 4) is 0 Å². The Bertz CT molecular complexity index is 661. The van der Waals surface area contributed by atoms with Gasteiger partial charge in [-0.3, -0.25) is 9.48 Å². The number of carbonyl (C=O) groups excluding carboxylic acids is 1. The number of hydrogen-bond acceptors (Lipinski definition) is 4. The lowest BCUT2D eigenvalue weighted by atomic mass is 9.96. The summed E-state index contributed by atoms with van der Waals surface area (Å²) in [6, 6.07) is 1.80. The third-order valence-electron chi connectivity index (χ3n) is 4.42. The third-order valence-corrected chi connectivity index (χ3v) is 4.42. The first-order valence-corrected chi connectivity index (χ1v) is 8.43. The topological polar surface area (TPSA) is 68.8 Å². The number of piperidine rings is 1. The van der Waals surface area contributed by atoms with E-state index in [0.717, 1.165) is 38.2 Å². The minimum Gasteiger partial charge on any atom is -0.337 e. The van der Waals surface area contributed by atoms with Crippen molar-refractivity contribution in [2.45, 2.75) is 52.1 Å². The summed E-state index contributed by atoms with van der Waals surface area (Å²) in [6.45, 7) is 7.27. The molecule has 0 spiro atoms. The number of carbonyl (C=O) groups is 1. The van der Waals surface area contributed by atoms with Gasteiger partial charge in [-0.25, -0.2) is 0 Å². The lowest BCUT2D eigenvalue weighted by Crippen LogP contribution is -2.40. The van der Waals surface area contributed by atoms with Crippen molar-refractivity contribution in [3.63, 3.8) is 0 Å². The molecule has 7 nitrogen and oxygen atoms in total. The van der Waals surface area contributed by atoms with Gasteiger partial charge >= 0.3 is 0 Å². The van der Waals surface area contributed by atoms with E-state index in [-0.39, 0.29) is 11.8 Å². The average Bonchev–Trinajstić information content (AvgIpc) is 3.23. The third kappa shape index (κ3) is 3.13. The SMILES string of the molecule is CCCn1cnnc1[C@H]1CCCN(C(=O)c2ccnn2CC)C1. The van der Waals surface area contributed by atoms with E-state index in [2.05, 4.69) is 26.8 Å². The van der Waals surface area contributed by atoms with E-state index in [1.165, 1.54) is 0 Å². The largest absolute Gasteiger partial charge is 0.337 e. The first-order chi connectivity index (χ1) is 11.2. The van der Waals surface area contributed by atoms with Gasteiger partial charge in [0.2, 0.25) is 0 Å². The fourth-order valence-electron chi connectivity index (χ4n) is 3.29. The van der Waals surface area contributed by atoms with Crippen molar-refractivity contribution in [1.82, 2.24) is 29.4 Å². The summed E-state index contributed by atoms with van der Waals surface area (Å²) in [7, 11) is 0. The molecule has 2 aromatic rings. The summed E-state index contributed by atoms with van der Waals surface area (Å²) >= 11 is 0. The Kier molecular flexibility index (Phi) is 4.73. The van der Waals surface area contributed by atoms with E-state index in [1.807, 2.05) is 11.8 Å². The van der Waals surface area contributed by atoms with Crippen LogP contribution in [-0.2, 0) is 13.1 Å². The van der Waals surface area contributed by atoms with Crippen LogP contribution in [0.25, 0.3) is 0 Å². The van der Waals surface area contributed by atoms with Crippen molar-refractivity contribution >= 4 is 5.91 Å². The zero-order valence-electron chi connectivity index (χ0n) is 13.9. The molecular formula is C16H24N6O. The molecule has 1 amide bonds. The molecule has 124 valence electrons. The summed E-state index contributed by atoms with van der Waals surface area (Å²) in [5.41, 5.74) is 0.670. The Labute approximate surface area is 136 Å². The van der Waals surface area contributed by atoms with Crippen LogP contribution in [-0.4, -0.2) is 48.4 Å². The Morgan fingerprint density at radius 1 is 1.39 bits per heavy atom. The lowest BCUT2D eigenvalue weighted by Gasteiger charge is -2.32. The lowest BCUT2D eigenvalue weighted by molar-refractivity contribution is 0.0690. The molecule has 1 fully saturated rings. The van der Waals surface area contributed by atoms with Crippen molar-refractivity contribution < 1.29 is 4.79 Å². The van der Waals surface area contributed by atoms with Gasteiger partial charge in [0.1, 0.15) is 17.8 Å². The molecule has 1 saturated heterocycles. The minimum absolute atomic E-state index is 0.0654. The van der Waals surface area contributed by atoms with Crippen LogP contribution in [0.15, 0.2) is 18.6 Å². The zero-order valence-corrected chi connectivity index (χ0v) is 13.9. The van der Waals surface area contributed by atoms with Crippen LogP contribution in [0.5, 0.6) is 0 Å². The minimum atomic E-state index is 0.0654. The van der Waals surface area contributed by atoms with Gasteiger partial charge in [0.25, 0.3) is 5.91 Å². The molecule has 0 unspecified atom stereocenters. The fraction of sp³-hybridized carbons (Fsp3) is 0.625. The normalized spacial score (nSPS) is 18.3. The first kappa shape index (κ1) is 15.7. The summed E-state index contributed by atoms with van der Waals surface area (Å²) in [5.74, 6) is 1.34. The second-order valence-electron chi connectivity index (χ2n) is 6.01. The van der Waals surface area contributed by atoms with Gasteiger partial charge in [-0.1, -0.05) is 6.92 Å². The molecule has 1 aliphatic rings. The molecule has 3 rings (SSSR count). The number of rotatable bonds is 5. The molecule has 7 heteroatoms. The number of aromatic nitrogens is 5. The smallest absolute Gasteiger partial charge is 0.272 e. The van der Waals surface area contributed by atoms with Gasteiger partial charge in [0.05, 0.1) is 0 Å². The maximum Gasteiger partial charge on any atom is 0.272 e. The second kappa shape index (κ2) is 6.93. The fourth-order valence-corrected chi connectivity index (χ4v) is 3.29. The van der Waals surface area contributed by atoms with E-state index in [1.54, 1.807) is 23.3 Å². The summed E-state index contributed by atoms with van der Waals surface area (Å²) < 4.78 is 3.88. The van der Waals surface area contributed by atoms with Gasteiger partial charge in [-0.15, -0.1) is 10.2 Å². The van der Waals surface area contributed by atoms with Crippen molar-refractivity contribution in [2.75, 3.05) is 13.1 Å². The number of likely N-dealkylation sites (tertiary alicyclic amines) is 1. The first-order valence-electron chi connectivity index (χ1n) is 8.43. The zero-order chi connectivity index (χ0) is 16.2. The highest BCUT2D eigenvalue weighted by Gasteiger charge is 2.29. The maximum absolute atomic E-state index is 12.8. The molecule has 1 atom stereocenters. The predicted octanol–water partition coefficient (Wildman–Crippen LogP) is 1.92. The highest BCUT2D eigenvalue weighted by atomic mass is 16.2. The number of aryl methyl sites for hydroxylation is 2. The van der Waals surface area contributed by atoms with E-state index in [9.17, 15) is 4.79 Å². The van der Waals surface area contributed by atoms with Crippen LogP contribution in [0.2, 0.25) is 0 Å². The molecule has 3 heterocycles. The summed E-state index contributed by atoms with van der Waals surface area (Å²) in [5, 5.41) is 12.6. The van der Waals surface area contributed by atoms with Crippen LogP contribution >= 0.6 is 0 Å². The second-order valence-corrected chi connectivity index (χ2v) is 6.01. The standard InChI is InChI=1S/C16H24N6O/c1-3-9-21-12-17-19-15(21)13-6-5-10-20(11-13)16(23)14-7-8-18-22(14)4-2/h7-8,12-13H,3-6,9-11H2,1-2H3/t13-/m0/s1. The van der Waals surface area contributed by atoms with Crippen molar-refractivity contribution in [2.24, 2.45) is 0 Å². The molecular weight excluding hydrogens is 292 g/mol. The van der Waals surface area contributed by atoms with Crippen LogP contribution in [0.1, 0.15) is 55.3 Å². The molecule has 1 aliphatic heterocycles. The predicted molar refractivity (Wildman–Crippen MR) is 86.1 cm³/mol. The van der Waals surface area contributed by atoms with E-state index in [0.29, 0.717) is 18.8 Å². The Hall–Kier alpha value is -2.18. The number of nitrogens with zero attached hydrogens (tertiary/aromatic N) is 6. The van der Waals surface area contributed by atoms with Crippen molar-refractivity contribution in [1.29, 1.82) is 0 Å². The summed E-state index contributed by atoms with van der Waals surface area (Å²) in [6.07, 6.45) is 6.59. The van der Waals surface area contributed by atoms with Crippen LogP contribution in [0.4, 0.5) is 0 Å².